The lowest BCUT2D eigenvalue weighted by molar-refractivity contribution is 0.468. The first kappa shape index (κ1) is 11.4. The van der Waals surface area contributed by atoms with Crippen LogP contribution in [-0.4, -0.2) is 11.7 Å². The van der Waals surface area contributed by atoms with Crippen LogP contribution in [0.2, 0.25) is 0 Å². The van der Waals surface area contributed by atoms with Crippen LogP contribution in [0, 0.1) is 5.82 Å². The first-order valence-electron chi connectivity index (χ1n) is 3.41. The zero-order chi connectivity index (χ0) is 8.27. The molecule has 2 nitrogen and oxygen atoms in total. The zero-order valence-electron chi connectivity index (χ0n) is 6.46. The van der Waals surface area contributed by atoms with E-state index in [1.54, 1.807) is 0 Å². The van der Waals surface area contributed by atoms with Gasteiger partial charge in [-0.1, -0.05) is 6.07 Å². The maximum absolute atomic E-state index is 12.8. The minimum Gasteiger partial charge on any atom is -0.508 e. The Hall–Kier alpha value is -0.610. The van der Waals surface area contributed by atoms with Gasteiger partial charge in [0.2, 0.25) is 0 Å². The van der Waals surface area contributed by atoms with Crippen molar-refractivity contribution in [3.05, 3.63) is 29.6 Å². The van der Waals surface area contributed by atoms with Gasteiger partial charge in [-0.15, -0.1) is 17.0 Å². The highest BCUT2D eigenvalue weighted by Gasteiger charge is 2.00. The SMILES string of the molecule is Br.NCCc1ccc(O)cc1F. The fourth-order valence-corrected chi connectivity index (χ4v) is 0.894. The molecule has 0 aliphatic rings. The maximum Gasteiger partial charge on any atom is 0.130 e. The average molecular weight is 236 g/mol. The van der Waals surface area contributed by atoms with Crippen molar-refractivity contribution in [2.24, 2.45) is 5.73 Å². The Labute approximate surface area is 81.0 Å². The topological polar surface area (TPSA) is 46.2 Å². The van der Waals surface area contributed by atoms with E-state index in [2.05, 4.69) is 0 Å². The van der Waals surface area contributed by atoms with Crippen LogP contribution in [0.15, 0.2) is 18.2 Å². The van der Waals surface area contributed by atoms with E-state index in [4.69, 9.17) is 10.8 Å². The minimum atomic E-state index is -0.393. The standard InChI is InChI=1S/C8H10FNO.BrH/c9-8-5-7(11)2-1-6(8)3-4-10;/h1-2,5,11H,3-4,10H2;1H. The van der Waals surface area contributed by atoms with Gasteiger partial charge in [0.05, 0.1) is 0 Å². The number of nitrogens with two attached hydrogens (primary N) is 1. The first-order valence-corrected chi connectivity index (χ1v) is 3.41. The molecule has 0 bridgehead atoms. The summed E-state index contributed by atoms with van der Waals surface area (Å²) in [7, 11) is 0. The quantitative estimate of drug-likeness (QED) is 0.819. The molecular weight excluding hydrogens is 225 g/mol. The smallest absolute Gasteiger partial charge is 0.130 e. The van der Waals surface area contributed by atoms with Crippen molar-refractivity contribution < 1.29 is 9.50 Å². The van der Waals surface area contributed by atoms with Crippen molar-refractivity contribution in [2.75, 3.05) is 6.54 Å². The number of hydrogen-bond acceptors (Lipinski definition) is 2. The number of rotatable bonds is 2. The average Bonchev–Trinajstić information content (AvgIpc) is 1.95. The summed E-state index contributed by atoms with van der Waals surface area (Å²) in [4.78, 5) is 0. The summed E-state index contributed by atoms with van der Waals surface area (Å²) in [5.41, 5.74) is 5.78. The molecule has 0 spiro atoms. The summed E-state index contributed by atoms with van der Waals surface area (Å²) in [6.45, 7) is 0.418. The van der Waals surface area contributed by atoms with E-state index < -0.39 is 5.82 Å². The highest BCUT2D eigenvalue weighted by molar-refractivity contribution is 8.93. The summed E-state index contributed by atoms with van der Waals surface area (Å²) in [5.74, 6) is -0.446. The van der Waals surface area contributed by atoms with Gasteiger partial charge in [0.15, 0.2) is 0 Å². The van der Waals surface area contributed by atoms with Gasteiger partial charge in [0.1, 0.15) is 11.6 Å². The van der Waals surface area contributed by atoms with Crippen LogP contribution >= 0.6 is 17.0 Å². The molecule has 4 heteroatoms. The van der Waals surface area contributed by atoms with Crippen molar-refractivity contribution >= 4 is 17.0 Å². The van der Waals surface area contributed by atoms with E-state index >= 15 is 0 Å². The third kappa shape index (κ3) is 2.79. The summed E-state index contributed by atoms with van der Waals surface area (Å²) in [6, 6.07) is 4.08. The van der Waals surface area contributed by atoms with Crippen molar-refractivity contribution in [3.8, 4) is 5.75 Å². The maximum atomic E-state index is 12.8. The Balaban J connectivity index is 0.00000121. The van der Waals surface area contributed by atoms with E-state index in [1.807, 2.05) is 0 Å². The molecular formula is C8H11BrFNO. The Kier molecular flexibility index (Phi) is 4.85. The second kappa shape index (κ2) is 5.11. The van der Waals surface area contributed by atoms with E-state index in [0.29, 0.717) is 18.5 Å². The van der Waals surface area contributed by atoms with Gasteiger partial charge in [0.25, 0.3) is 0 Å². The fourth-order valence-electron chi connectivity index (χ4n) is 0.894. The highest BCUT2D eigenvalue weighted by atomic mass is 79.9. The van der Waals surface area contributed by atoms with Gasteiger partial charge in [-0.2, -0.15) is 0 Å². The molecule has 68 valence electrons. The Morgan fingerprint density at radius 2 is 2.08 bits per heavy atom. The number of phenolic OH excluding ortho intramolecular Hbond substituents is 1. The Morgan fingerprint density at radius 1 is 1.42 bits per heavy atom. The van der Waals surface area contributed by atoms with Gasteiger partial charge in [-0.3, -0.25) is 0 Å². The summed E-state index contributed by atoms with van der Waals surface area (Å²) in [6.07, 6.45) is 0.506. The Morgan fingerprint density at radius 3 is 2.58 bits per heavy atom. The second-order valence-corrected chi connectivity index (χ2v) is 2.31. The lowest BCUT2D eigenvalue weighted by Gasteiger charge is -2.00. The fraction of sp³-hybridized carbons (Fsp3) is 0.250. The van der Waals surface area contributed by atoms with Gasteiger partial charge < -0.3 is 10.8 Å². The van der Waals surface area contributed by atoms with Crippen molar-refractivity contribution in [1.29, 1.82) is 0 Å². The molecule has 0 saturated heterocycles. The summed E-state index contributed by atoms with van der Waals surface area (Å²) < 4.78 is 12.8. The molecule has 0 atom stereocenters. The number of benzene rings is 1. The number of phenols is 1. The van der Waals surface area contributed by atoms with Crippen molar-refractivity contribution in [1.82, 2.24) is 0 Å². The van der Waals surface area contributed by atoms with Crippen molar-refractivity contribution in [2.45, 2.75) is 6.42 Å². The molecule has 1 rings (SSSR count). The lowest BCUT2D eigenvalue weighted by atomic mass is 10.1. The van der Waals surface area contributed by atoms with Gasteiger partial charge in [-0.25, -0.2) is 4.39 Å². The normalized spacial score (nSPS) is 9.17. The molecule has 0 aliphatic carbocycles. The molecule has 1 aromatic carbocycles. The predicted octanol–water partition coefficient (Wildman–Crippen LogP) is 1.61. The molecule has 12 heavy (non-hydrogen) atoms. The van der Waals surface area contributed by atoms with Crippen LogP contribution in [0.1, 0.15) is 5.56 Å². The van der Waals surface area contributed by atoms with E-state index in [9.17, 15) is 4.39 Å². The molecule has 0 heterocycles. The molecule has 3 N–H and O–H groups in total. The van der Waals surface area contributed by atoms with Crippen LogP contribution in [0.4, 0.5) is 4.39 Å². The van der Waals surface area contributed by atoms with E-state index in [1.165, 1.54) is 12.1 Å². The van der Waals surface area contributed by atoms with Crippen molar-refractivity contribution in [3.63, 3.8) is 0 Å². The summed E-state index contributed by atoms with van der Waals surface area (Å²) in [5, 5.41) is 8.83. The molecule has 1 aromatic rings. The van der Waals surface area contributed by atoms with Crippen LogP contribution in [0.25, 0.3) is 0 Å². The third-order valence-corrected chi connectivity index (χ3v) is 1.45. The van der Waals surface area contributed by atoms with Gasteiger partial charge >= 0.3 is 0 Å². The largest absolute Gasteiger partial charge is 0.508 e. The highest BCUT2D eigenvalue weighted by Crippen LogP contribution is 2.14. The predicted molar refractivity (Wildman–Crippen MR) is 51.1 cm³/mol. The zero-order valence-corrected chi connectivity index (χ0v) is 8.17. The van der Waals surface area contributed by atoms with Gasteiger partial charge in [0, 0.05) is 6.07 Å². The first-order chi connectivity index (χ1) is 5.24. The van der Waals surface area contributed by atoms with Gasteiger partial charge in [-0.05, 0) is 24.6 Å². The molecule has 0 fully saturated rings. The molecule has 0 saturated carbocycles. The van der Waals surface area contributed by atoms with Crippen LogP contribution in [-0.2, 0) is 6.42 Å². The van der Waals surface area contributed by atoms with E-state index in [-0.39, 0.29) is 22.7 Å². The molecule has 0 aromatic heterocycles. The minimum absolute atomic E-state index is 0. The monoisotopic (exact) mass is 235 g/mol. The molecule has 0 amide bonds. The molecule has 0 unspecified atom stereocenters. The number of aromatic hydroxyl groups is 1. The number of hydrogen-bond donors (Lipinski definition) is 2. The summed E-state index contributed by atoms with van der Waals surface area (Å²) >= 11 is 0. The van der Waals surface area contributed by atoms with Crippen LogP contribution in [0.3, 0.4) is 0 Å². The van der Waals surface area contributed by atoms with Crippen LogP contribution in [0.5, 0.6) is 5.75 Å². The lowest BCUT2D eigenvalue weighted by Crippen LogP contribution is -2.04. The molecule has 0 radical (unpaired) electrons. The third-order valence-electron chi connectivity index (χ3n) is 1.45. The molecule has 0 aliphatic heterocycles. The second-order valence-electron chi connectivity index (χ2n) is 2.31. The van der Waals surface area contributed by atoms with E-state index in [0.717, 1.165) is 6.07 Å². The Bertz CT molecular complexity index is 255. The number of halogens is 2. The van der Waals surface area contributed by atoms with Crippen LogP contribution < -0.4 is 5.73 Å².